The first-order chi connectivity index (χ1) is 13.5. The van der Waals surface area contributed by atoms with Crippen LogP contribution in [-0.4, -0.2) is 49.2 Å². The number of anilines is 1. The van der Waals surface area contributed by atoms with Crippen molar-refractivity contribution >= 4 is 23.5 Å². The second-order valence-corrected chi connectivity index (χ2v) is 6.24. The Kier molecular flexibility index (Phi) is 5.49. The number of hydrogen-bond donors (Lipinski definition) is 2. The minimum absolute atomic E-state index is 0.0628. The van der Waals surface area contributed by atoms with E-state index in [0.717, 1.165) is 10.5 Å². The highest BCUT2D eigenvalue weighted by atomic mass is 16.5. The van der Waals surface area contributed by atoms with Gasteiger partial charge in [0.15, 0.2) is 17.5 Å². The van der Waals surface area contributed by atoms with Crippen LogP contribution in [0.15, 0.2) is 48.5 Å². The van der Waals surface area contributed by atoms with Gasteiger partial charge in [0.1, 0.15) is 6.04 Å². The van der Waals surface area contributed by atoms with Gasteiger partial charge >= 0.3 is 5.97 Å². The molecular weight excluding hydrogens is 364 g/mol. The molecule has 2 atom stereocenters. The van der Waals surface area contributed by atoms with Crippen molar-refractivity contribution in [1.82, 2.24) is 5.32 Å². The smallest absolute Gasteiger partial charge is 0.329 e. The minimum Gasteiger partial charge on any atom is -0.493 e. The first kappa shape index (κ1) is 19.2. The number of hydrogen-bond acceptors (Lipinski definition) is 5. The molecule has 0 aliphatic carbocycles. The average Bonchev–Trinajstić information content (AvgIpc) is 2.70. The Morgan fingerprint density at radius 3 is 2.36 bits per heavy atom. The molecule has 0 spiro atoms. The number of carbonyl (C=O) groups excluding carboxylic acids is 2. The van der Waals surface area contributed by atoms with Gasteiger partial charge in [-0.05, 0) is 17.7 Å². The summed E-state index contributed by atoms with van der Waals surface area (Å²) in [7, 11) is 2.92. The second-order valence-electron chi connectivity index (χ2n) is 6.24. The molecule has 2 aromatic rings. The summed E-state index contributed by atoms with van der Waals surface area (Å²) in [5, 5.41) is 12.1. The molecule has 2 N–H and O–H groups in total. The third-order valence-corrected chi connectivity index (χ3v) is 4.52. The summed E-state index contributed by atoms with van der Waals surface area (Å²) in [6.45, 7) is 0. The maximum absolute atomic E-state index is 12.6. The van der Waals surface area contributed by atoms with Gasteiger partial charge in [0.25, 0.3) is 5.91 Å². The van der Waals surface area contributed by atoms with Crippen LogP contribution in [0.1, 0.15) is 5.56 Å². The lowest BCUT2D eigenvalue weighted by Crippen LogP contribution is -2.74. The van der Waals surface area contributed by atoms with Gasteiger partial charge in [-0.1, -0.05) is 30.3 Å². The fourth-order valence-electron chi connectivity index (χ4n) is 3.15. The standard InChI is InChI=1S/C20H20N2O6/c1-27-14-9-8-13(11-15(14)28-2)22-18(20(25)26)17(19(22)24)21-16(23)10-12-6-4-3-5-7-12/h3-9,11,17-18H,10H2,1-2H3,(H,21,23)(H,25,26). The minimum atomic E-state index is -1.21. The number of amides is 2. The number of nitrogens with zero attached hydrogens (tertiary/aromatic N) is 1. The Morgan fingerprint density at radius 1 is 1.07 bits per heavy atom. The Hall–Kier alpha value is -3.55. The van der Waals surface area contributed by atoms with Crippen LogP contribution >= 0.6 is 0 Å². The zero-order valence-corrected chi connectivity index (χ0v) is 15.4. The predicted molar refractivity (Wildman–Crippen MR) is 101 cm³/mol. The molecule has 8 nitrogen and oxygen atoms in total. The van der Waals surface area contributed by atoms with E-state index in [1.165, 1.54) is 20.3 Å². The summed E-state index contributed by atoms with van der Waals surface area (Å²) < 4.78 is 10.4. The number of carboxylic acids is 1. The van der Waals surface area contributed by atoms with E-state index in [1.54, 1.807) is 36.4 Å². The molecule has 0 radical (unpaired) electrons. The van der Waals surface area contributed by atoms with E-state index in [1.807, 2.05) is 6.07 Å². The number of carboxylic acid groups (broad SMARTS) is 1. The van der Waals surface area contributed by atoms with Crippen molar-refractivity contribution in [3.05, 3.63) is 54.1 Å². The molecule has 28 heavy (non-hydrogen) atoms. The van der Waals surface area contributed by atoms with Crippen molar-refractivity contribution in [3.63, 3.8) is 0 Å². The van der Waals surface area contributed by atoms with Gasteiger partial charge in [0.2, 0.25) is 5.91 Å². The average molecular weight is 384 g/mol. The third-order valence-electron chi connectivity index (χ3n) is 4.52. The molecule has 1 saturated heterocycles. The van der Waals surface area contributed by atoms with Crippen LogP contribution in [0.3, 0.4) is 0 Å². The number of ether oxygens (including phenoxy) is 2. The fraction of sp³-hybridized carbons (Fsp3) is 0.250. The molecule has 1 fully saturated rings. The molecule has 3 rings (SSSR count). The molecule has 0 saturated carbocycles. The largest absolute Gasteiger partial charge is 0.493 e. The van der Waals surface area contributed by atoms with Crippen molar-refractivity contribution in [2.45, 2.75) is 18.5 Å². The molecular formula is C20H20N2O6. The van der Waals surface area contributed by atoms with E-state index in [-0.39, 0.29) is 6.42 Å². The molecule has 0 bridgehead atoms. The number of nitrogens with one attached hydrogen (secondary N) is 1. The number of benzene rings is 2. The van der Waals surface area contributed by atoms with Crippen LogP contribution in [0.4, 0.5) is 5.69 Å². The number of aliphatic carboxylic acids is 1. The Bertz CT molecular complexity index is 899. The van der Waals surface area contributed by atoms with E-state index in [9.17, 15) is 19.5 Å². The molecule has 2 amide bonds. The normalized spacial score (nSPS) is 18.2. The highest BCUT2D eigenvalue weighted by molar-refractivity contribution is 6.14. The molecule has 1 aliphatic heterocycles. The van der Waals surface area contributed by atoms with E-state index in [0.29, 0.717) is 17.2 Å². The zero-order valence-electron chi connectivity index (χ0n) is 15.4. The number of rotatable bonds is 7. The lowest BCUT2D eigenvalue weighted by molar-refractivity contribution is -0.148. The molecule has 146 valence electrons. The summed E-state index contributed by atoms with van der Waals surface area (Å²) in [6, 6.07) is 11.4. The van der Waals surface area contributed by atoms with Gasteiger partial charge in [-0.15, -0.1) is 0 Å². The summed E-state index contributed by atoms with van der Waals surface area (Å²) in [5.74, 6) is -1.30. The summed E-state index contributed by atoms with van der Waals surface area (Å²) >= 11 is 0. The molecule has 0 aromatic heterocycles. The molecule has 8 heteroatoms. The van der Waals surface area contributed by atoms with E-state index in [4.69, 9.17) is 9.47 Å². The van der Waals surface area contributed by atoms with Crippen molar-refractivity contribution in [3.8, 4) is 11.5 Å². The van der Waals surface area contributed by atoms with Gasteiger partial charge in [-0.25, -0.2) is 4.79 Å². The Labute approximate surface area is 161 Å². The highest BCUT2D eigenvalue weighted by Crippen LogP contribution is 2.36. The second kappa shape index (κ2) is 7.99. The maximum atomic E-state index is 12.6. The molecule has 1 heterocycles. The van der Waals surface area contributed by atoms with Crippen molar-refractivity contribution < 1.29 is 29.0 Å². The lowest BCUT2D eigenvalue weighted by Gasteiger charge is -2.44. The van der Waals surface area contributed by atoms with Crippen LogP contribution in [-0.2, 0) is 20.8 Å². The first-order valence-electron chi connectivity index (χ1n) is 8.57. The van der Waals surface area contributed by atoms with Crippen molar-refractivity contribution in [2.75, 3.05) is 19.1 Å². The van der Waals surface area contributed by atoms with Crippen LogP contribution < -0.4 is 19.7 Å². The zero-order chi connectivity index (χ0) is 20.3. The van der Waals surface area contributed by atoms with Gasteiger partial charge in [0, 0.05) is 11.8 Å². The quantitative estimate of drug-likeness (QED) is 0.696. The van der Waals surface area contributed by atoms with Crippen LogP contribution in [0.5, 0.6) is 11.5 Å². The molecule has 2 unspecified atom stereocenters. The topological polar surface area (TPSA) is 105 Å². The Balaban J connectivity index is 1.76. The molecule has 1 aliphatic rings. The summed E-state index contributed by atoms with van der Waals surface area (Å²) in [6.07, 6.45) is 0.0628. The lowest BCUT2D eigenvalue weighted by atomic mass is 9.93. The highest BCUT2D eigenvalue weighted by Gasteiger charge is 2.53. The van der Waals surface area contributed by atoms with Gasteiger partial charge in [-0.3, -0.25) is 14.5 Å². The van der Waals surface area contributed by atoms with Gasteiger partial charge in [-0.2, -0.15) is 0 Å². The molecule has 2 aromatic carbocycles. The predicted octanol–water partition coefficient (Wildman–Crippen LogP) is 1.23. The van der Waals surface area contributed by atoms with Crippen molar-refractivity contribution in [1.29, 1.82) is 0 Å². The van der Waals surface area contributed by atoms with Crippen LogP contribution in [0, 0.1) is 0 Å². The van der Waals surface area contributed by atoms with E-state index >= 15 is 0 Å². The van der Waals surface area contributed by atoms with Crippen LogP contribution in [0.2, 0.25) is 0 Å². The number of methoxy groups -OCH3 is 2. The van der Waals surface area contributed by atoms with E-state index in [2.05, 4.69) is 5.32 Å². The van der Waals surface area contributed by atoms with Gasteiger partial charge < -0.3 is 19.9 Å². The summed E-state index contributed by atoms with van der Waals surface area (Å²) in [5.41, 5.74) is 1.12. The van der Waals surface area contributed by atoms with Crippen molar-refractivity contribution in [2.24, 2.45) is 0 Å². The number of carbonyl (C=O) groups is 3. The van der Waals surface area contributed by atoms with Gasteiger partial charge in [0.05, 0.1) is 20.6 Å². The SMILES string of the molecule is COc1ccc(N2C(=O)C(NC(=O)Cc3ccccc3)C2C(=O)O)cc1OC. The maximum Gasteiger partial charge on any atom is 0.329 e. The summed E-state index contributed by atoms with van der Waals surface area (Å²) in [4.78, 5) is 37.7. The van der Waals surface area contributed by atoms with E-state index < -0.39 is 29.9 Å². The Morgan fingerprint density at radius 2 is 1.75 bits per heavy atom. The number of β-lactam (4-membered cyclic amide) rings is 1. The first-order valence-corrected chi connectivity index (χ1v) is 8.57. The fourth-order valence-corrected chi connectivity index (χ4v) is 3.15. The van der Waals surface area contributed by atoms with Crippen LogP contribution in [0.25, 0.3) is 0 Å². The monoisotopic (exact) mass is 384 g/mol. The third kappa shape index (κ3) is 3.62.